The Kier molecular flexibility index (Phi) is 5.92. The molecule has 1 atom stereocenters. The maximum Gasteiger partial charge on any atom is 0.313 e. The minimum atomic E-state index is -1.08. The zero-order chi connectivity index (χ0) is 17.6. The van der Waals surface area contributed by atoms with E-state index in [-0.39, 0.29) is 31.5 Å². The summed E-state index contributed by atoms with van der Waals surface area (Å²) in [5.41, 5.74) is -0.602. The number of nitrogens with one attached hydrogen (secondary N) is 1. The lowest BCUT2D eigenvalue weighted by Gasteiger charge is -2.39. The van der Waals surface area contributed by atoms with Crippen molar-refractivity contribution in [3.63, 3.8) is 0 Å². The fourth-order valence-electron chi connectivity index (χ4n) is 2.93. The Hall–Kier alpha value is -2.41. The van der Waals surface area contributed by atoms with E-state index in [0.29, 0.717) is 24.9 Å². The van der Waals surface area contributed by atoms with Crippen molar-refractivity contribution in [3.05, 3.63) is 35.9 Å². The number of aliphatic carboxylic acids is 1. The molecule has 0 unspecified atom stereocenters. The summed E-state index contributed by atoms with van der Waals surface area (Å²) >= 11 is 0. The molecule has 1 heterocycles. The van der Waals surface area contributed by atoms with Crippen molar-refractivity contribution < 1.29 is 24.2 Å². The van der Waals surface area contributed by atoms with Crippen molar-refractivity contribution in [1.82, 2.24) is 10.2 Å². The molecular formula is C17H22N2O5. The number of carbonyl (C=O) groups is 3. The standard InChI is InChI=1S/C17H22N2O5/c1-24-12-17(16(22)23)8-5-9-19(11-17)14(20)10-18-15(21)13-6-3-2-4-7-13/h2-4,6-7H,5,8-12H2,1H3,(H,18,21)(H,22,23)/t17-/m1/s1. The summed E-state index contributed by atoms with van der Waals surface area (Å²) in [5, 5.41) is 12.1. The van der Waals surface area contributed by atoms with Crippen LogP contribution in [0.3, 0.4) is 0 Å². The number of amides is 2. The largest absolute Gasteiger partial charge is 0.481 e. The number of nitrogens with zero attached hydrogens (tertiary/aromatic N) is 1. The number of methoxy groups -OCH3 is 1. The van der Waals surface area contributed by atoms with Gasteiger partial charge in [0.1, 0.15) is 5.41 Å². The predicted octanol–water partition coefficient (Wildman–Crippen LogP) is 0.756. The molecule has 1 aliphatic heterocycles. The molecule has 1 aromatic carbocycles. The molecule has 1 saturated heterocycles. The lowest BCUT2D eigenvalue weighted by atomic mass is 9.80. The molecule has 2 rings (SSSR count). The number of hydrogen-bond acceptors (Lipinski definition) is 4. The number of likely N-dealkylation sites (tertiary alicyclic amines) is 1. The molecule has 0 aliphatic carbocycles. The van der Waals surface area contributed by atoms with Crippen LogP contribution in [0.25, 0.3) is 0 Å². The van der Waals surface area contributed by atoms with E-state index in [4.69, 9.17) is 4.74 Å². The number of carbonyl (C=O) groups excluding carboxylic acids is 2. The normalized spacial score (nSPS) is 20.5. The zero-order valence-corrected chi connectivity index (χ0v) is 13.7. The topological polar surface area (TPSA) is 95.9 Å². The molecule has 0 bridgehead atoms. The molecule has 7 nitrogen and oxygen atoms in total. The second-order valence-corrected chi connectivity index (χ2v) is 5.99. The van der Waals surface area contributed by atoms with Gasteiger partial charge in [-0.2, -0.15) is 0 Å². The van der Waals surface area contributed by atoms with E-state index in [1.165, 1.54) is 12.0 Å². The first-order valence-electron chi connectivity index (χ1n) is 7.82. The summed E-state index contributed by atoms with van der Waals surface area (Å²) in [4.78, 5) is 37.4. The number of piperidine rings is 1. The van der Waals surface area contributed by atoms with Crippen LogP contribution in [0.5, 0.6) is 0 Å². The fraction of sp³-hybridized carbons (Fsp3) is 0.471. The van der Waals surface area contributed by atoms with Gasteiger partial charge in [0.05, 0.1) is 13.2 Å². The Morgan fingerprint density at radius 3 is 2.62 bits per heavy atom. The second-order valence-electron chi connectivity index (χ2n) is 5.99. The maximum absolute atomic E-state index is 12.3. The first-order chi connectivity index (χ1) is 11.5. The molecular weight excluding hydrogens is 312 g/mol. The Bertz CT molecular complexity index is 600. The van der Waals surface area contributed by atoms with Gasteiger partial charge in [-0.1, -0.05) is 18.2 Å². The monoisotopic (exact) mass is 334 g/mol. The van der Waals surface area contributed by atoms with E-state index in [1.807, 2.05) is 0 Å². The van der Waals surface area contributed by atoms with E-state index in [1.54, 1.807) is 30.3 Å². The number of hydrogen-bond donors (Lipinski definition) is 2. The number of carboxylic acid groups (broad SMARTS) is 1. The van der Waals surface area contributed by atoms with Crippen LogP contribution < -0.4 is 5.32 Å². The quantitative estimate of drug-likeness (QED) is 0.800. The smallest absolute Gasteiger partial charge is 0.313 e. The molecule has 1 aliphatic rings. The summed E-state index contributed by atoms with van der Waals surface area (Å²) in [5.74, 6) is -1.58. The molecule has 0 spiro atoms. The van der Waals surface area contributed by atoms with Gasteiger partial charge in [-0.05, 0) is 25.0 Å². The first kappa shape index (κ1) is 17.9. The Morgan fingerprint density at radius 1 is 1.29 bits per heavy atom. The Morgan fingerprint density at radius 2 is 2.00 bits per heavy atom. The summed E-state index contributed by atoms with van der Waals surface area (Å²) in [6.07, 6.45) is 1.06. The molecule has 130 valence electrons. The van der Waals surface area contributed by atoms with Gasteiger partial charge < -0.3 is 20.1 Å². The summed E-state index contributed by atoms with van der Waals surface area (Å²) in [6.45, 7) is 0.480. The van der Waals surface area contributed by atoms with Crippen molar-refractivity contribution in [2.75, 3.05) is 33.4 Å². The van der Waals surface area contributed by atoms with E-state index in [2.05, 4.69) is 5.32 Å². The van der Waals surface area contributed by atoms with Crippen LogP contribution in [0.2, 0.25) is 0 Å². The maximum atomic E-state index is 12.3. The van der Waals surface area contributed by atoms with Crippen LogP contribution in [0, 0.1) is 5.41 Å². The van der Waals surface area contributed by atoms with Crippen LogP contribution in [0.4, 0.5) is 0 Å². The number of rotatable bonds is 6. The molecule has 1 aromatic rings. The van der Waals surface area contributed by atoms with Crippen molar-refractivity contribution in [1.29, 1.82) is 0 Å². The Labute approximate surface area is 140 Å². The summed E-state index contributed by atoms with van der Waals surface area (Å²) in [6, 6.07) is 8.61. The molecule has 2 amide bonds. The van der Waals surface area contributed by atoms with Gasteiger partial charge in [0.25, 0.3) is 5.91 Å². The highest BCUT2D eigenvalue weighted by Crippen LogP contribution is 2.30. The minimum Gasteiger partial charge on any atom is -0.481 e. The van der Waals surface area contributed by atoms with Crippen LogP contribution >= 0.6 is 0 Å². The SMILES string of the molecule is COC[C@@]1(C(=O)O)CCCN(C(=O)CNC(=O)c2ccccc2)C1. The third kappa shape index (κ3) is 4.11. The van der Waals surface area contributed by atoms with Gasteiger partial charge in [0, 0.05) is 25.8 Å². The van der Waals surface area contributed by atoms with Crippen LogP contribution in [-0.2, 0) is 14.3 Å². The lowest BCUT2D eigenvalue weighted by Crippen LogP contribution is -2.53. The number of benzene rings is 1. The third-order valence-electron chi connectivity index (χ3n) is 4.24. The highest BCUT2D eigenvalue weighted by atomic mass is 16.5. The van der Waals surface area contributed by atoms with E-state index in [0.717, 1.165) is 0 Å². The van der Waals surface area contributed by atoms with Crippen molar-refractivity contribution in [2.45, 2.75) is 12.8 Å². The van der Waals surface area contributed by atoms with Crippen LogP contribution in [0.1, 0.15) is 23.2 Å². The fourth-order valence-corrected chi connectivity index (χ4v) is 2.93. The highest BCUT2D eigenvalue weighted by molar-refractivity contribution is 5.96. The van der Waals surface area contributed by atoms with Gasteiger partial charge in [-0.3, -0.25) is 14.4 Å². The third-order valence-corrected chi connectivity index (χ3v) is 4.24. The summed E-state index contributed by atoms with van der Waals surface area (Å²) < 4.78 is 5.04. The molecule has 1 fully saturated rings. The van der Waals surface area contributed by atoms with Crippen molar-refractivity contribution in [3.8, 4) is 0 Å². The minimum absolute atomic E-state index is 0.0580. The number of ether oxygens (including phenoxy) is 1. The zero-order valence-electron chi connectivity index (χ0n) is 13.7. The molecule has 24 heavy (non-hydrogen) atoms. The van der Waals surface area contributed by atoms with Crippen molar-refractivity contribution >= 4 is 17.8 Å². The molecule has 2 N–H and O–H groups in total. The lowest BCUT2D eigenvalue weighted by molar-refractivity contribution is -0.158. The van der Waals surface area contributed by atoms with E-state index < -0.39 is 11.4 Å². The number of carboxylic acids is 1. The summed E-state index contributed by atoms with van der Waals surface area (Å²) in [7, 11) is 1.45. The van der Waals surface area contributed by atoms with E-state index in [9.17, 15) is 19.5 Å². The van der Waals surface area contributed by atoms with Gasteiger partial charge >= 0.3 is 5.97 Å². The van der Waals surface area contributed by atoms with Gasteiger partial charge in [-0.15, -0.1) is 0 Å². The average molecular weight is 334 g/mol. The predicted molar refractivity (Wildman–Crippen MR) is 86.5 cm³/mol. The van der Waals surface area contributed by atoms with E-state index >= 15 is 0 Å². The van der Waals surface area contributed by atoms with Crippen molar-refractivity contribution in [2.24, 2.45) is 5.41 Å². The van der Waals surface area contributed by atoms with Gasteiger partial charge in [0.2, 0.25) is 5.91 Å². The molecule has 0 aromatic heterocycles. The molecule has 0 saturated carbocycles. The molecule has 0 radical (unpaired) electrons. The highest BCUT2D eigenvalue weighted by Gasteiger charge is 2.43. The molecule has 7 heteroatoms. The average Bonchev–Trinajstić information content (AvgIpc) is 2.60. The van der Waals surface area contributed by atoms with Gasteiger partial charge in [0.15, 0.2) is 0 Å². The van der Waals surface area contributed by atoms with Gasteiger partial charge in [-0.25, -0.2) is 0 Å². The van der Waals surface area contributed by atoms with Crippen LogP contribution in [-0.4, -0.2) is 61.1 Å². The van der Waals surface area contributed by atoms with Crippen LogP contribution in [0.15, 0.2) is 30.3 Å². The second kappa shape index (κ2) is 7.92. The first-order valence-corrected chi connectivity index (χ1v) is 7.82. The Balaban J connectivity index is 1.94.